The predicted molar refractivity (Wildman–Crippen MR) is 116 cm³/mol. The highest BCUT2D eigenvalue weighted by Gasteiger charge is 2.46. The normalized spacial score (nSPS) is 19.9. The van der Waals surface area contributed by atoms with Crippen LogP contribution in [0.25, 0.3) is 0 Å². The summed E-state index contributed by atoms with van der Waals surface area (Å²) in [4.78, 5) is 29.9. The van der Waals surface area contributed by atoms with E-state index < -0.39 is 35.5 Å². The summed E-state index contributed by atoms with van der Waals surface area (Å²) < 4.78 is 55.6. The van der Waals surface area contributed by atoms with Gasteiger partial charge < -0.3 is 14.2 Å². The van der Waals surface area contributed by atoms with Gasteiger partial charge in [-0.15, -0.1) is 0 Å². The van der Waals surface area contributed by atoms with Crippen molar-refractivity contribution in [3.8, 4) is 5.75 Å². The van der Waals surface area contributed by atoms with Crippen LogP contribution in [0.3, 0.4) is 0 Å². The largest absolute Gasteiger partial charge is 0.489 e. The highest BCUT2D eigenvalue weighted by molar-refractivity contribution is 6.07. The number of cyclic esters (lactones) is 1. The summed E-state index contributed by atoms with van der Waals surface area (Å²) in [5.74, 6) is -2.41. The third-order valence-electron chi connectivity index (χ3n) is 5.72. The van der Waals surface area contributed by atoms with Crippen LogP contribution in [0, 0.1) is 5.92 Å². The zero-order chi connectivity index (χ0) is 24.5. The molecule has 0 aliphatic carbocycles. The molecule has 2 unspecified atom stereocenters. The Hall–Kier alpha value is -3.62. The molecule has 2 aromatic carbocycles. The maximum absolute atomic E-state index is 13.1. The molecule has 34 heavy (non-hydrogen) atoms. The summed E-state index contributed by atoms with van der Waals surface area (Å²) in [7, 11) is 0. The van der Waals surface area contributed by atoms with Crippen molar-refractivity contribution < 1.29 is 37.0 Å². The molecule has 0 amide bonds. The fourth-order valence-electron chi connectivity index (χ4n) is 4.24. The lowest BCUT2D eigenvalue weighted by Crippen LogP contribution is -2.35. The second-order valence-electron chi connectivity index (χ2n) is 7.92. The number of esters is 2. The second-order valence-corrected chi connectivity index (χ2v) is 7.92. The Morgan fingerprint density at radius 1 is 1.18 bits per heavy atom. The zero-order valence-electron chi connectivity index (χ0n) is 18.5. The molecule has 2 aliphatic heterocycles. The topological polar surface area (TPSA) is 74.2 Å². The number of aliphatic imine (C=N–C) groups is 1. The van der Waals surface area contributed by atoms with Crippen LogP contribution in [0.4, 0.5) is 13.2 Å². The molecule has 0 bridgehead atoms. The zero-order valence-corrected chi connectivity index (χ0v) is 18.5. The lowest BCUT2D eigenvalue weighted by atomic mass is 9.75. The molecule has 0 N–H and O–H groups in total. The SMILES string of the molecule is CCOC(=O)C1C(C)=NC2=C(C(=O)OC2)C1c1ccccc1OCc1cccc(C(F)(F)F)c1. The van der Waals surface area contributed by atoms with Gasteiger partial charge in [-0.05, 0) is 37.6 Å². The predicted octanol–water partition coefficient (Wildman–Crippen LogP) is 4.83. The molecular formula is C25H22F3NO5. The van der Waals surface area contributed by atoms with Crippen molar-refractivity contribution in [2.75, 3.05) is 13.2 Å². The summed E-state index contributed by atoms with van der Waals surface area (Å²) in [5, 5.41) is 0. The highest BCUT2D eigenvalue weighted by Crippen LogP contribution is 2.45. The van der Waals surface area contributed by atoms with Crippen LogP contribution < -0.4 is 4.74 Å². The van der Waals surface area contributed by atoms with Crippen LogP contribution in [-0.4, -0.2) is 30.9 Å². The van der Waals surface area contributed by atoms with Gasteiger partial charge in [0, 0.05) is 17.2 Å². The molecule has 0 spiro atoms. The first-order valence-electron chi connectivity index (χ1n) is 10.7. The van der Waals surface area contributed by atoms with Gasteiger partial charge in [0.25, 0.3) is 0 Å². The quantitative estimate of drug-likeness (QED) is 0.562. The Morgan fingerprint density at radius 2 is 1.94 bits per heavy atom. The molecule has 0 aromatic heterocycles. The van der Waals surface area contributed by atoms with Crippen molar-refractivity contribution in [3.63, 3.8) is 0 Å². The van der Waals surface area contributed by atoms with Gasteiger partial charge in [-0.25, -0.2) is 4.79 Å². The van der Waals surface area contributed by atoms with Crippen molar-refractivity contribution in [2.45, 2.75) is 32.5 Å². The molecule has 0 saturated carbocycles. The number of rotatable bonds is 6. The van der Waals surface area contributed by atoms with Crippen LogP contribution in [-0.2, 0) is 31.8 Å². The average Bonchev–Trinajstić information content (AvgIpc) is 3.16. The molecule has 2 atom stereocenters. The summed E-state index contributed by atoms with van der Waals surface area (Å²) in [6.07, 6.45) is -4.47. The van der Waals surface area contributed by atoms with Crippen LogP contribution in [0.2, 0.25) is 0 Å². The summed E-state index contributed by atoms with van der Waals surface area (Å²) in [5.41, 5.74) is 1.26. The van der Waals surface area contributed by atoms with Gasteiger partial charge in [-0.3, -0.25) is 9.79 Å². The van der Waals surface area contributed by atoms with E-state index >= 15 is 0 Å². The van der Waals surface area contributed by atoms with E-state index in [4.69, 9.17) is 14.2 Å². The minimum Gasteiger partial charge on any atom is -0.489 e. The fourth-order valence-corrected chi connectivity index (χ4v) is 4.24. The van der Waals surface area contributed by atoms with E-state index in [-0.39, 0.29) is 25.4 Å². The number of benzene rings is 2. The van der Waals surface area contributed by atoms with E-state index in [0.717, 1.165) is 12.1 Å². The van der Waals surface area contributed by atoms with E-state index in [1.165, 1.54) is 12.1 Å². The third kappa shape index (κ3) is 4.55. The number of carbonyl (C=O) groups excluding carboxylic acids is 2. The molecule has 4 rings (SSSR count). The lowest BCUT2D eigenvalue weighted by Gasteiger charge is -2.30. The Bertz CT molecular complexity index is 1190. The minimum absolute atomic E-state index is 0.00477. The van der Waals surface area contributed by atoms with Gasteiger partial charge in [0.05, 0.1) is 23.4 Å². The van der Waals surface area contributed by atoms with Gasteiger partial charge in [-0.2, -0.15) is 13.2 Å². The van der Waals surface area contributed by atoms with Gasteiger partial charge in [0.1, 0.15) is 24.9 Å². The number of alkyl halides is 3. The van der Waals surface area contributed by atoms with E-state index in [9.17, 15) is 22.8 Å². The molecule has 6 nitrogen and oxygen atoms in total. The summed E-state index contributed by atoms with van der Waals surface area (Å²) in [6, 6.07) is 11.7. The van der Waals surface area contributed by atoms with Crippen molar-refractivity contribution in [1.29, 1.82) is 0 Å². The lowest BCUT2D eigenvalue weighted by molar-refractivity contribution is -0.146. The van der Waals surface area contributed by atoms with Crippen LogP contribution >= 0.6 is 0 Å². The average molecular weight is 473 g/mol. The molecule has 178 valence electrons. The first-order valence-corrected chi connectivity index (χ1v) is 10.7. The highest BCUT2D eigenvalue weighted by atomic mass is 19.4. The fraction of sp³-hybridized carbons (Fsp3) is 0.320. The summed E-state index contributed by atoms with van der Waals surface area (Å²) in [6.45, 7) is 3.39. The van der Waals surface area contributed by atoms with Crippen molar-refractivity contribution in [1.82, 2.24) is 0 Å². The molecule has 2 heterocycles. The molecular weight excluding hydrogens is 451 g/mol. The van der Waals surface area contributed by atoms with Gasteiger partial charge >= 0.3 is 18.1 Å². The Kier molecular flexibility index (Phi) is 6.45. The number of nitrogens with zero attached hydrogens (tertiary/aromatic N) is 1. The number of halogens is 3. The van der Waals surface area contributed by atoms with E-state index in [2.05, 4.69) is 4.99 Å². The van der Waals surface area contributed by atoms with Gasteiger partial charge in [-0.1, -0.05) is 30.3 Å². The first-order chi connectivity index (χ1) is 16.2. The van der Waals surface area contributed by atoms with E-state index in [1.807, 2.05) is 0 Å². The second kappa shape index (κ2) is 9.32. The Balaban J connectivity index is 1.70. The van der Waals surface area contributed by atoms with Crippen molar-refractivity contribution in [2.24, 2.45) is 10.9 Å². The maximum atomic E-state index is 13.1. The smallest absolute Gasteiger partial charge is 0.416 e. The maximum Gasteiger partial charge on any atom is 0.416 e. The Labute approximate surface area is 194 Å². The van der Waals surface area contributed by atoms with Gasteiger partial charge in [0.2, 0.25) is 0 Å². The number of para-hydroxylation sites is 1. The van der Waals surface area contributed by atoms with E-state index in [0.29, 0.717) is 28.3 Å². The number of hydrogen-bond acceptors (Lipinski definition) is 6. The first kappa shape index (κ1) is 23.5. The minimum atomic E-state index is -4.47. The molecule has 0 fully saturated rings. The standard InChI is InChI=1S/C25H22F3NO5/c1-3-32-23(30)20-14(2)29-18-13-34-24(31)22(18)21(20)17-9-4-5-10-19(17)33-12-15-7-6-8-16(11-15)25(26,27)28/h4-11,20-21H,3,12-13H2,1-2H3. The third-order valence-corrected chi connectivity index (χ3v) is 5.72. The van der Waals surface area contributed by atoms with Crippen LogP contribution in [0.1, 0.15) is 36.5 Å². The summed E-state index contributed by atoms with van der Waals surface area (Å²) >= 11 is 0. The molecule has 2 aliphatic rings. The number of carbonyl (C=O) groups is 2. The van der Waals surface area contributed by atoms with Gasteiger partial charge in [0.15, 0.2) is 0 Å². The number of hydrogen-bond donors (Lipinski definition) is 0. The van der Waals surface area contributed by atoms with Crippen molar-refractivity contribution >= 4 is 17.7 Å². The van der Waals surface area contributed by atoms with E-state index in [1.54, 1.807) is 38.1 Å². The van der Waals surface area contributed by atoms with Crippen molar-refractivity contribution in [3.05, 3.63) is 76.5 Å². The van der Waals surface area contributed by atoms with Crippen LogP contribution in [0.5, 0.6) is 5.75 Å². The Morgan fingerprint density at radius 3 is 2.68 bits per heavy atom. The molecule has 9 heteroatoms. The van der Waals surface area contributed by atoms with Crippen LogP contribution in [0.15, 0.2) is 64.8 Å². The molecule has 0 saturated heterocycles. The number of ether oxygens (including phenoxy) is 3. The molecule has 0 radical (unpaired) electrons. The molecule has 2 aromatic rings. The monoisotopic (exact) mass is 473 g/mol.